The molecule has 0 saturated heterocycles. The van der Waals surface area contributed by atoms with Gasteiger partial charge in [0.05, 0.1) is 27.7 Å². The summed E-state index contributed by atoms with van der Waals surface area (Å²) in [6, 6.07) is 0. The van der Waals surface area contributed by atoms with Crippen LogP contribution in [0, 0.1) is 0 Å². The molecule has 0 rings (SSSR count). The maximum Gasteiger partial charge on any atom is 0.245 e. The zero-order chi connectivity index (χ0) is 11.4. The summed E-state index contributed by atoms with van der Waals surface area (Å²) in [5.41, 5.74) is 5.59. The second-order valence-corrected chi connectivity index (χ2v) is 4.97. The van der Waals surface area contributed by atoms with Gasteiger partial charge < -0.3 is 10.2 Å². The fourth-order valence-electron chi connectivity index (χ4n) is 1.03. The number of nitrogens with two attached hydrogens (primary N) is 1. The number of amides is 1. The van der Waals surface area contributed by atoms with Crippen molar-refractivity contribution in [1.82, 2.24) is 0 Å². The Kier molecular flexibility index (Phi) is 5.16. The SMILES string of the molecule is CC(C(N)=O)=C(Cl)CCC[N+](C)(C)C. The van der Waals surface area contributed by atoms with E-state index in [1.165, 1.54) is 0 Å². The molecule has 3 nitrogen and oxygen atoms in total. The third-order valence-corrected chi connectivity index (χ3v) is 2.47. The van der Waals surface area contributed by atoms with Gasteiger partial charge in [0.2, 0.25) is 5.91 Å². The van der Waals surface area contributed by atoms with E-state index in [2.05, 4.69) is 21.1 Å². The summed E-state index contributed by atoms with van der Waals surface area (Å²) in [7, 11) is 6.37. The molecule has 0 unspecified atom stereocenters. The molecule has 4 heteroatoms. The average molecular weight is 220 g/mol. The molecule has 1 amide bonds. The Hall–Kier alpha value is -0.540. The van der Waals surface area contributed by atoms with E-state index in [1.807, 2.05) is 0 Å². The molecule has 0 bridgehead atoms. The Morgan fingerprint density at radius 3 is 2.21 bits per heavy atom. The minimum absolute atomic E-state index is 0.430. The fourth-order valence-corrected chi connectivity index (χ4v) is 1.26. The van der Waals surface area contributed by atoms with Gasteiger partial charge in [-0.2, -0.15) is 0 Å². The van der Waals surface area contributed by atoms with Gasteiger partial charge >= 0.3 is 0 Å². The molecular weight excluding hydrogens is 200 g/mol. The van der Waals surface area contributed by atoms with Crippen molar-refractivity contribution in [3.05, 3.63) is 10.6 Å². The number of allylic oxidation sites excluding steroid dienone is 1. The van der Waals surface area contributed by atoms with E-state index in [0.717, 1.165) is 23.9 Å². The van der Waals surface area contributed by atoms with Crippen molar-refractivity contribution in [1.29, 1.82) is 0 Å². The zero-order valence-corrected chi connectivity index (χ0v) is 10.2. The topological polar surface area (TPSA) is 43.1 Å². The first kappa shape index (κ1) is 13.5. The van der Waals surface area contributed by atoms with E-state index < -0.39 is 5.91 Å². The van der Waals surface area contributed by atoms with Crippen molar-refractivity contribution >= 4 is 17.5 Å². The lowest BCUT2D eigenvalue weighted by atomic mass is 10.2. The molecule has 0 saturated carbocycles. The Labute approximate surface area is 91.1 Å². The quantitative estimate of drug-likeness (QED) is 0.552. The van der Waals surface area contributed by atoms with Crippen LogP contribution in [0.2, 0.25) is 0 Å². The summed E-state index contributed by atoms with van der Waals surface area (Å²) in [6.45, 7) is 2.69. The van der Waals surface area contributed by atoms with E-state index in [4.69, 9.17) is 17.3 Å². The normalized spacial score (nSPS) is 13.8. The standard InChI is InChI=1S/C10H19ClN2O/c1-8(10(12)14)9(11)6-5-7-13(2,3)4/h5-7H2,1-4H3,(H-,12,14)/p+1. The Bertz CT molecular complexity index is 241. The second kappa shape index (κ2) is 5.37. The first-order chi connectivity index (χ1) is 6.24. The molecule has 0 aromatic heterocycles. The van der Waals surface area contributed by atoms with Gasteiger partial charge in [-0.3, -0.25) is 4.79 Å². The van der Waals surface area contributed by atoms with Crippen LogP contribution in [0.5, 0.6) is 0 Å². The number of rotatable bonds is 5. The van der Waals surface area contributed by atoms with Crippen LogP contribution in [0.3, 0.4) is 0 Å². The van der Waals surface area contributed by atoms with E-state index in [9.17, 15) is 4.79 Å². The highest BCUT2D eigenvalue weighted by Gasteiger charge is 2.09. The summed E-state index contributed by atoms with van der Waals surface area (Å²) < 4.78 is 0.903. The molecule has 0 aromatic carbocycles. The number of carbonyl (C=O) groups excluding carboxylic acids is 1. The number of nitrogens with zero attached hydrogens (tertiary/aromatic N) is 1. The minimum atomic E-state index is -0.430. The van der Waals surface area contributed by atoms with Gasteiger partial charge in [-0.1, -0.05) is 11.6 Å². The van der Waals surface area contributed by atoms with Crippen molar-refractivity contribution in [3.8, 4) is 0 Å². The van der Waals surface area contributed by atoms with Gasteiger partial charge in [-0.15, -0.1) is 0 Å². The first-order valence-electron chi connectivity index (χ1n) is 4.69. The molecule has 2 N–H and O–H groups in total. The van der Waals surface area contributed by atoms with Crippen LogP contribution in [0.15, 0.2) is 10.6 Å². The highest BCUT2D eigenvalue weighted by molar-refractivity contribution is 6.31. The number of carbonyl (C=O) groups is 1. The molecule has 0 atom stereocenters. The zero-order valence-electron chi connectivity index (χ0n) is 9.43. The van der Waals surface area contributed by atoms with Crippen LogP contribution in [-0.2, 0) is 4.79 Å². The van der Waals surface area contributed by atoms with Gasteiger partial charge in [0.15, 0.2) is 0 Å². The number of hydrogen-bond acceptors (Lipinski definition) is 1. The van der Waals surface area contributed by atoms with E-state index in [-0.39, 0.29) is 0 Å². The van der Waals surface area contributed by atoms with Crippen LogP contribution < -0.4 is 5.73 Å². The predicted molar refractivity (Wildman–Crippen MR) is 59.9 cm³/mol. The number of quaternary nitrogens is 1. The van der Waals surface area contributed by atoms with E-state index >= 15 is 0 Å². The molecule has 0 radical (unpaired) electrons. The predicted octanol–water partition coefficient (Wildman–Crippen LogP) is 1.47. The molecule has 0 aromatic rings. The van der Waals surface area contributed by atoms with Gasteiger partial charge in [0.25, 0.3) is 0 Å². The van der Waals surface area contributed by atoms with Gasteiger partial charge in [-0.05, 0) is 13.3 Å². The molecular formula is C10H20ClN2O+. The Balaban J connectivity index is 4.03. The van der Waals surface area contributed by atoms with Crippen molar-refractivity contribution < 1.29 is 9.28 Å². The number of hydrogen-bond donors (Lipinski definition) is 1. The van der Waals surface area contributed by atoms with Crippen LogP contribution >= 0.6 is 11.6 Å². The molecule has 0 heterocycles. The van der Waals surface area contributed by atoms with Gasteiger partial charge in [-0.25, -0.2) is 0 Å². The lowest BCUT2D eigenvalue weighted by Gasteiger charge is -2.23. The molecule has 0 aliphatic rings. The van der Waals surface area contributed by atoms with Crippen molar-refractivity contribution in [3.63, 3.8) is 0 Å². The minimum Gasteiger partial charge on any atom is -0.366 e. The summed E-state index contributed by atoms with van der Waals surface area (Å²) in [5, 5.41) is 0.589. The summed E-state index contributed by atoms with van der Waals surface area (Å²) in [5.74, 6) is -0.430. The summed E-state index contributed by atoms with van der Waals surface area (Å²) in [6.07, 6.45) is 1.69. The summed E-state index contributed by atoms with van der Waals surface area (Å²) in [4.78, 5) is 10.8. The molecule has 0 fully saturated rings. The second-order valence-electron chi connectivity index (χ2n) is 4.51. The largest absolute Gasteiger partial charge is 0.366 e. The maximum atomic E-state index is 10.8. The van der Waals surface area contributed by atoms with Crippen LogP contribution in [0.1, 0.15) is 19.8 Å². The highest BCUT2D eigenvalue weighted by atomic mass is 35.5. The monoisotopic (exact) mass is 219 g/mol. The van der Waals surface area contributed by atoms with Crippen LogP contribution in [-0.4, -0.2) is 38.1 Å². The van der Waals surface area contributed by atoms with Crippen LogP contribution in [0.25, 0.3) is 0 Å². The van der Waals surface area contributed by atoms with Crippen molar-refractivity contribution in [2.24, 2.45) is 5.73 Å². The van der Waals surface area contributed by atoms with Gasteiger partial charge in [0, 0.05) is 17.0 Å². The maximum absolute atomic E-state index is 10.8. The third kappa shape index (κ3) is 6.00. The van der Waals surface area contributed by atoms with Crippen LogP contribution in [0.4, 0.5) is 0 Å². The van der Waals surface area contributed by atoms with Gasteiger partial charge in [0.1, 0.15) is 0 Å². The lowest BCUT2D eigenvalue weighted by molar-refractivity contribution is -0.870. The average Bonchev–Trinajstić information content (AvgIpc) is 2.00. The van der Waals surface area contributed by atoms with E-state index in [0.29, 0.717) is 10.6 Å². The molecule has 82 valence electrons. The third-order valence-electron chi connectivity index (χ3n) is 2.00. The lowest BCUT2D eigenvalue weighted by Crippen LogP contribution is -2.35. The highest BCUT2D eigenvalue weighted by Crippen LogP contribution is 2.16. The Morgan fingerprint density at radius 2 is 1.86 bits per heavy atom. The fraction of sp³-hybridized carbons (Fsp3) is 0.700. The van der Waals surface area contributed by atoms with Crippen molar-refractivity contribution in [2.75, 3.05) is 27.7 Å². The van der Waals surface area contributed by atoms with E-state index in [1.54, 1.807) is 6.92 Å². The summed E-state index contributed by atoms with van der Waals surface area (Å²) >= 11 is 5.93. The molecule has 0 aliphatic heterocycles. The number of halogens is 1. The smallest absolute Gasteiger partial charge is 0.245 e. The number of primary amides is 1. The first-order valence-corrected chi connectivity index (χ1v) is 5.07. The molecule has 14 heavy (non-hydrogen) atoms. The molecule has 0 aliphatic carbocycles. The Morgan fingerprint density at radius 1 is 1.36 bits per heavy atom. The molecule has 0 spiro atoms. The van der Waals surface area contributed by atoms with Crippen molar-refractivity contribution in [2.45, 2.75) is 19.8 Å².